The van der Waals surface area contributed by atoms with Crippen molar-refractivity contribution in [1.82, 2.24) is 19.8 Å². The lowest BCUT2D eigenvalue weighted by molar-refractivity contribution is -0.142. The number of cyclic esters (lactones) is 1. The van der Waals surface area contributed by atoms with E-state index in [1.165, 1.54) is 4.90 Å². The molecule has 1 aromatic rings. The van der Waals surface area contributed by atoms with Gasteiger partial charge in [0.1, 0.15) is 24.5 Å². The molecule has 2 N–H and O–H groups in total. The van der Waals surface area contributed by atoms with E-state index in [1.807, 2.05) is 30.4 Å². The number of fused-ring (bicyclic) bond motifs is 3. The number of Topliss-reactive ketones (excluding diaryl/α,β-unsaturated/α-hetero) is 1. The average molecular weight is 767 g/mol. The van der Waals surface area contributed by atoms with Crippen LogP contribution in [0.2, 0.25) is 0 Å². The highest BCUT2D eigenvalue weighted by Crippen LogP contribution is 2.57. The number of carbonyl (C=O) groups excluding carboxylic acids is 5. The summed E-state index contributed by atoms with van der Waals surface area (Å²) in [5.41, 5.74) is -0.545. The number of ketones is 1. The Hall–Kier alpha value is -4.40. The molecule has 14 nitrogen and oxygen atoms in total. The number of nitrogens with zero attached hydrogens (tertiary/aromatic N) is 2. The fourth-order valence-electron chi connectivity index (χ4n) is 7.93. The van der Waals surface area contributed by atoms with Crippen molar-refractivity contribution in [3.05, 3.63) is 54.1 Å². The van der Waals surface area contributed by atoms with Crippen molar-refractivity contribution in [3.8, 4) is 5.75 Å². The highest BCUT2D eigenvalue weighted by Gasteiger charge is 2.61. The van der Waals surface area contributed by atoms with Gasteiger partial charge in [0.2, 0.25) is 21.8 Å². The van der Waals surface area contributed by atoms with Gasteiger partial charge in [-0.05, 0) is 61.5 Å². The minimum Gasteiger partial charge on any atom is -0.489 e. The van der Waals surface area contributed by atoms with Gasteiger partial charge in [0, 0.05) is 30.4 Å². The molecule has 6 aliphatic rings. The summed E-state index contributed by atoms with van der Waals surface area (Å²) in [4.78, 5) is 72.2. The molecule has 7 rings (SSSR count). The third-order valence-electron chi connectivity index (χ3n) is 11.8. The van der Waals surface area contributed by atoms with E-state index in [9.17, 15) is 32.4 Å². The molecule has 0 radical (unpaired) electrons. The van der Waals surface area contributed by atoms with Gasteiger partial charge in [-0.2, -0.15) is 0 Å². The number of hydrogen-bond donors (Lipinski definition) is 2. The van der Waals surface area contributed by atoms with Crippen LogP contribution in [-0.4, -0.2) is 91.2 Å². The molecule has 1 spiro atoms. The predicted octanol–water partition coefficient (Wildman–Crippen LogP) is 4.13. The summed E-state index contributed by atoms with van der Waals surface area (Å²) < 4.78 is 45.4. The van der Waals surface area contributed by atoms with Gasteiger partial charge >= 0.3 is 12.2 Å². The van der Waals surface area contributed by atoms with Crippen LogP contribution in [0, 0.1) is 22.2 Å². The van der Waals surface area contributed by atoms with Crippen LogP contribution in [0.4, 0.5) is 9.59 Å². The quantitative estimate of drug-likeness (QED) is 0.384. The van der Waals surface area contributed by atoms with E-state index in [4.69, 9.17) is 14.2 Å². The van der Waals surface area contributed by atoms with E-state index in [2.05, 4.69) is 16.6 Å². The zero-order chi connectivity index (χ0) is 38.6. The van der Waals surface area contributed by atoms with Crippen molar-refractivity contribution >= 4 is 39.8 Å². The molecule has 4 amide bonds. The summed E-state index contributed by atoms with van der Waals surface area (Å²) in [6.45, 7) is 10.1. The average Bonchev–Trinajstić information content (AvgIpc) is 4.07. The number of alkyl carbamates (subject to hydrolysis) is 1. The zero-order valence-corrected chi connectivity index (χ0v) is 32.0. The van der Waals surface area contributed by atoms with Crippen LogP contribution in [0.25, 0.3) is 0 Å². The molecule has 1 saturated heterocycles. The topological polar surface area (TPSA) is 178 Å². The summed E-state index contributed by atoms with van der Waals surface area (Å²) in [7, 11) is -3.88. The number of rotatable bonds is 7. The van der Waals surface area contributed by atoms with Crippen molar-refractivity contribution in [2.24, 2.45) is 22.2 Å². The second kappa shape index (κ2) is 14.0. The van der Waals surface area contributed by atoms with Gasteiger partial charge in [0.05, 0.1) is 36.4 Å². The zero-order valence-electron chi connectivity index (χ0n) is 31.1. The van der Waals surface area contributed by atoms with Crippen molar-refractivity contribution in [1.29, 1.82) is 0 Å². The fraction of sp³-hybridized carbons (Fsp3) is 0.615. The van der Waals surface area contributed by atoms with E-state index in [0.29, 0.717) is 38.2 Å². The SMILES string of the molecule is C=C[C@H]1C[C@@]1(CC(=O)C1C[C@@H]2CN1C(=O)[C@H](C(C)(C)C)NC(=O)OCC1(C/C=C/COc3cccc4c3CN(C4)C(=O)O2)CC1)C(=O)NS(=O)(=O)C1CC1. The molecule has 4 bridgehead atoms. The molecule has 1 unspecified atom stereocenters. The molecule has 3 heterocycles. The Balaban J connectivity index is 1.16. The van der Waals surface area contributed by atoms with Crippen molar-refractivity contribution in [2.75, 3.05) is 19.8 Å². The van der Waals surface area contributed by atoms with Crippen LogP contribution in [0.1, 0.15) is 83.3 Å². The van der Waals surface area contributed by atoms with Crippen molar-refractivity contribution < 1.29 is 46.6 Å². The standard InChI is InChI=1S/C39H50N4O10S/c1-5-25-18-39(25,34(46)41-54(49,50)27-11-12-27)19-30(44)29-17-26-21-43(29)33(45)32(37(2,3)4)40-35(47)52-23-38(14-15-38)13-6-7-16-51-31-10-8-9-24-20-42(22-28(24)31)36(48)53-26/h5-10,25-27,29,32H,1,11-23H2,2-4H3,(H,40,47)(H,41,46)/b7-6+/t25-,26+,29?,32+,39-/m0/s1. The minimum atomic E-state index is -3.88. The lowest BCUT2D eigenvalue weighted by Crippen LogP contribution is -2.57. The van der Waals surface area contributed by atoms with E-state index >= 15 is 0 Å². The van der Waals surface area contributed by atoms with Crippen LogP contribution in [0.15, 0.2) is 43.0 Å². The highest BCUT2D eigenvalue weighted by molar-refractivity contribution is 7.90. The Labute approximate surface area is 316 Å². The molecule has 3 aliphatic carbocycles. The summed E-state index contributed by atoms with van der Waals surface area (Å²) in [5, 5.41) is 2.12. The number of sulfonamides is 1. The van der Waals surface area contributed by atoms with E-state index in [1.54, 1.807) is 31.7 Å². The van der Waals surface area contributed by atoms with Gasteiger partial charge < -0.3 is 24.4 Å². The van der Waals surface area contributed by atoms with Crippen LogP contribution in [-0.2, 0) is 47.0 Å². The molecular weight excluding hydrogens is 717 g/mol. The second-order valence-corrected chi connectivity index (χ2v) is 19.0. The number of allylic oxidation sites excluding steroid dienone is 2. The number of carbonyl (C=O) groups is 5. The Morgan fingerprint density at radius 2 is 1.85 bits per heavy atom. The summed E-state index contributed by atoms with van der Waals surface area (Å²) in [6.07, 6.45) is 6.47. The monoisotopic (exact) mass is 766 g/mol. The second-order valence-electron chi connectivity index (χ2n) is 17.0. The van der Waals surface area contributed by atoms with E-state index < -0.39 is 80.0 Å². The molecule has 292 valence electrons. The number of ether oxygens (including phenoxy) is 3. The summed E-state index contributed by atoms with van der Waals surface area (Å²) >= 11 is 0. The third-order valence-corrected chi connectivity index (χ3v) is 13.7. The van der Waals surface area contributed by atoms with Crippen LogP contribution in [0.3, 0.4) is 0 Å². The van der Waals surface area contributed by atoms with Crippen LogP contribution < -0.4 is 14.8 Å². The molecule has 3 saturated carbocycles. The van der Waals surface area contributed by atoms with Gasteiger partial charge in [-0.1, -0.05) is 51.1 Å². The Morgan fingerprint density at radius 1 is 1.09 bits per heavy atom. The number of nitrogens with one attached hydrogen (secondary N) is 2. The smallest absolute Gasteiger partial charge is 0.410 e. The first-order valence-electron chi connectivity index (χ1n) is 18.8. The van der Waals surface area contributed by atoms with Gasteiger partial charge in [-0.3, -0.25) is 24.0 Å². The van der Waals surface area contributed by atoms with Gasteiger partial charge in [0.25, 0.3) is 0 Å². The fourth-order valence-corrected chi connectivity index (χ4v) is 9.31. The van der Waals surface area contributed by atoms with Crippen LogP contribution in [0.5, 0.6) is 5.75 Å². The minimum absolute atomic E-state index is 0.0432. The van der Waals surface area contributed by atoms with Crippen LogP contribution >= 0.6 is 0 Å². The number of hydrogen-bond acceptors (Lipinski definition) is 10. The van der Waals surface area contributed by atoms with Gasteiger partial charge in [-0.15, -0.1) is 6.58 Å². The first-order chi connectivity index (χ1) is 25.5. The Bertz CT molecular complexity index is 1880. The Kier molecular flexibility index (Phi) is 9.84. The van der Waals surface area contributed by atoms with E-state index in [0.717, 1.165) is 24.0 Å². The van der Waals surface area contributed by atoms with Crippen molar-refractivity contribution in [3.63, 3.8) is 0 Å². The summed E-state index contributed by atoms with van der Waals surface area (Å²) in [5.74, 6) is -1.58. The summed E-state index contributed by atoms with van der Waals surface area (Å²) in [6, 6.07) is 3.43. The Morgan fingerprint density at radius 3 is 2.52 bits per heavy atom. The lowest BCUT2D eigenvalue weighted by Gasteiger charge is -2.35. The third kappa shape index (κ3) is 7.74. The largest absolute Gasteiger partial charge is 0.489 e. The molecule has 15 heteroatoms. The first-order valence-corrected chi connectivity index (χ1v) is 20.4. The number of amides is 4. The van der Waals surface area contributed by atoms with Gasteiger partial charge in [-0.25, -0.2) is 18.0 Å². The number of benzene rings is 1. The van der Waals surface area contributed by atoms with Crippen molar-refractivity contribution in [2.45, 2.75) is 109 Å². The maximum absolute atomic E-state index is 14.5. The highest BCUT2D eigenvalue weighted by atomic mass is 32.2. The normalized spacial score (nSPS) is 30.2. The molecule has 0 aromatic heterocycles. The maximum Gasteiger partial charge on any atom is 0.410 e. The molecule has 1 aromatic carbocycles. The molecule has 3 aliphatic heterocycles. The van der Waals surface area contributed by atoms with E-state index in [-0.39, 0.29) is 44.4 Å². The molecule has 4 fully saturated rings. The van der Waals surface area contributed by atoms with Gasteiger partial charge in [0.15, 0.2) is 5.78 Å². The molecular formula is C39H50N4O10S. The maximum atomic E-state index is 14.5. The molecule has 54 heavy (non-hydrogen) atoms. The molecule has 5 atom stereocenters. The lowest BCUT2D eigenvalue weighted by atomic mass is 9.85. The first kappa shape index (κ1) is 37.9. The predicted molar refractivity (Wildman–Crippen MR) is 195 cm³/mol.